The fraction of sp³-hybridized carbons (Fsp3) is 0.533. The number of benzene rings is 1. The Hall–Kier alpha value is -1.66. The summed E-state index contributed by atoms with van der Waals surface area (Å²) in [5.41, 5.74) is 7.02. The maximum Gasteiger partial charge on any atom is 0.270 e. The molecule has 0 radical (unpaired) electrons. The molecule has 0 aliphatic carbocycles. The summed E-state index contributed by atoms with van der Waals surface area (Å²) in [5.74, 6) is -0.156. The number of nitro groups is 1. The number of hydrogen-bond donors (Lipinski definition) is 1. The lowest BCUT2D eigenvalue weighted by Gasteiger charge is -2.42. The van der Waals surface area contributed by atoms with E-state index in [1.165, 1.54) is 12.1 Å². The first-order valence-electron chi connectivity index (χ1n) is 7.02. The lowest BCUT2D eigenvalue weighted by atomic mass is 9.79. The molecule has 0 spiro atoms. The van der Waals surface area contributed by atoms with Crippen molar-refractivity contribution in [2.45, 2.75) is 33.2 Å². The van der Waals surface area contributed by atoms with Gasteiger partial charge in [0.05, 0.1) is 4.92 Å². The van der Waals surface area contributed by atoms with Gasteiger partial charge in [0.15, 0.2) is 0 Å². The van der Waals surface area contributed by atoms with Gasteiger partial charge in [-0.05, 0) is 24.3 Å². The molecule has 1 aliphatic heterocycles. The van der Waals surface area contributed by atoms with Crippen LogP contribution >= 0.6 is 12.4 Å². The number of nitrogens with two attached hydrogens (primary N) is 1. The second-order valence-corrected chi connectivity index (χ2v) is 6.37. The monoisotopic (exact) mass is 327 g/mol. The SMILES string of the molecule is Cc1ccc([N+](=O)[O-])cc1C(=O)N1CCC(N)C(C)(C)C1.Cl. The maximum atomic E-state index is 12.7. The van der Waals surface area contributed by atoms with E-state index in [-0.39, 0.29) is 35.5 Å². The molecule has 7 heteroatoms. The van der Waals surface area contributed by atoms with Gasteiger partial charge in [-0.2, -0.15) is 0 Å². The number of piperidine rings is 1. The third-order valence-electron chi connectivity index (χ3n) is 4.26. The summed E-state index contributed by atoms with van der Waals surface area (Å²) in [4.78, 5) is 24.8. The molecule has 1 saturated heterocycles. The van der Waals surface area contributed by atoms with E-state index in [2.05, 4.69) is 0 Å². The molecule has 1 heterocycles. The summed E-state index contributed by atoms with van der Waals surface area (Å²) in [5, 5.41) is 10.9. The molecule has 1 atom stereocenters. The highest BCUT2D eigenvalue weighted by Gasteiger charge is 2.36. The van der Waals surface area contributed by atoms with E-state index >= 15 is 0 Å². The number of amides is 1. The standard InChI is InChI=1S/C15H21N3O3.ClH/c1-10-4-5-11(18(20)21)8-12(10)14(19)17-7-6-13(16)15(2,3)9-17;/h4-5,8,13H,6-7,9,16H2,1-3H3;1H. The van der Waals surface area contributed by atoms with E-state index in [0.717, 1.165) is 12.0 Å². The van der Waals surface area contributed by atoms with Crippen molar-refractivity contribution in [2.24, 2.45) is 11.1 Å². The number of carbonyl (C=O) groups is 1. The van der Waals surface area contributed by atoms with Crippen LogP contribution in [0.4, 0.5) is 5.69 Å². The molecule has 1 amide bonds. The molecular formula is C15H22ClN3O3. The zero-order valence-electron chi connectivity index (χ0n) is 13.0. The fourth-order valence-electron chi connectivity index (χ4n) is 2.67. The quantitative estimate of drug-likeness (QED) is 0.667. The van der Waals surface area contributed by atoms with Crippen molar-refractivity contribution in [1.82, 2.24) is 4.90 Å². The van der Waals surface area contributed by atoms with Crippen LogP contribution in [0.1, 0.15) is 36.2 Å². The Morgan fingerprint density at radius 3 is 2.64 bits per heavy atom. The van der Waals surface area contributed by atoms with E-state index in [1.807, 2.05) is 13.8 Å². The van der Waals surface area contributed by atoms with Crippen molar-refractivity contribution in [2.75, 3.05) is 13.1 Å². The van der Waals surface area contributed by atoms with Crippen molar-refractivity contribution in [3.63, 3.8) is 0 Å². The molecule has 0 bridgehead atoms. The van der Waals surface area contributed by atoms with Gasteiger partial charge in [-0.3, -0.25) is 14.9 Å². The van der Waals surface area contributed by atoms with Crippen LogP contribution in [0.2, 0.25) is 0 Å². The number of carbonyl (C=O) groups excluding carboxylic acids is 1. The van der Waals surface area contributed by atoms with Crippen LogP contribution in [0.3, 0.4) is 0 Å². The lowest BCUT2D eigenvalue weighted by Crippen LogP contribution is -2.54. The molecule has 22 heavy (non-hydrogen) atoms. The van der Waals surface area contributed by atoms with Gasteiger partial charge in [-0.25, -0.2) is 0 Å². The molecule has 2 N–H and O–H groups in total. The van der Waals surface area contributed by atoms with Crippen molar-refractivity contribution < 1.29 is 9.72 Å². The second kappa shape index (κ2) is 6.62. The summed E-state index contributed by atoms with van der Waals surface area (Å²) in [6, 6.07) is 4.46. The topological polar surface area (TPSA) is 89.5 Å². The Balaban J connectivity index is 0.00000242. The van der Waals surface area contributed by atoms with Crippen LogP contribution in [0, 0.1) is 22.5 Å². The van der Waals surface area contributed by atoms with Gasteiger partial charge < -0.3 is 10.6 Å². The molecule has 1 aromatic carbocycles. The Morgan fingerprint density at radius 1 is 1.45 bits per heavy atom. The summed E-state index contributed by atoms with van der Waals surface area (Å²) >= 11 is 0. The number of aryl methyl sites for hydroxylation is 1. The summed E-state index contributed by atoms with van der Waals surface area (Å²) < 4.78 is 0. The smallest absolute Gasteiger partial charge is 0.270 e. The molecule has 0 saturated carbocycles. The molecule has 6 nitrogen and oxygen atoms in total. The zero-order valence-corrected chi connectivity index (χ0v) is 13.9. The molecule has 122 valence electrons. The van der Waals surface area contributed by atoms with Gasteiger partial charge in [0.2, 0.25) is 0 Å². The van der Waals surface area contributed by atoms with Gasteiger partial charge in [0.1, 0.15) is 0 Å². The van der Waals surface area contributed by atoms with Crippen molar-refractivity contribution >= 4 is 24.0 Å². The molecule has 1 unspecified atom stereocenters. The van der Waals surface area contributed by atoms with Crippen LogP contribution in [0.25, 0.3) is 0 Å². The molecule has 1 aliphatic rings. The molecule has 1 fully saturated rings. The first-order chi connectivity index (χ1) is 9.72. The highest BCUT2D eigenvalue weighted by atomic mass is 35.5. The van der Waals surface area contributed by atoms with E-state index in [4.69, 9.17) is 5.73 Å². The number of rotatable bonds is 2. The Kier molecular flexibility index (Phi) is 5.54. The van der Waals surface area contributed by atoms with E-state index in [0.29, 0.717) is 18.7 Å². The van der Waals surface area contributed by atoms with Gasteiger partial charge in [0, 0.05) is 36.8 Å². The largest absolute Gasteiger partial charge is 0.338 e. The van der Waals surface area contributed by atoms with Crippen molar-refractivity contribution in [1.29, 1.82) is 0 Å². The van der Waals surface area contributed by atoms with Gasteiger partial charge in [-0.1, -0.05) is 19.9 Å². The minimum absolute atomic E-state index is 0. The highest BCUT2D eigenvalue weighted by molar-refractivity contribution is 5.96. The minimum atomic E-state index is -0.480. The van der Waals surface area contributed by atoms with Crippen LogP contribution < -0.4 is 5.73 Å². The predicted molar refractivity (Wildman–Crippen MR) is 87.4 cm³/mol. The molecular weight excluding hydrogens is 306 g/mol. The first-order valence-corrected chi connectivity index (χ1v) is 7.02. The minimum Gasteiger partial charge on any atom is -0.338 e. The average molecular weight is 328 g/mol. The third kappa shape index (κ3) is 3.56. The number of nitro benzene ring substituents is 1. The zero-order chi connectivity index (χ0) is 15.8. The highest BCUT2D eigenvalue weighted by Crippen LogP contribution is 2.29. The van der Waals surface area contributed by atoms with E-state index in [9.17, 15) is 14.9 Å². The van der Waals surface area contributed by atoms with Crippen molar-refractivity contribution in [3.05, 3.63) is 39.4 Å². The molecule has 2 rings (SSSR count). The summed E-state index contributed by atoms with van der Waals surface area (Å²) in [7, 11) is 0. The van der Waals surface area contributed by atoms with Crippen LogP contribution in [0.5, 0.6) is 0 Å². The van der Waals surface area contributed by atoms with Crippen LogP contribution in [-0.4, -0.2) is 34.9 Å². The number of likely N-dealkylation sites (tertiary alicyclic amines) is 1. The number of hydrogen-bond acceptors (Lipinski definition) is 4. The van der Waals surface area contributed by atoms with Gasteiger partial charge >= 0.3 is 0 Å². The van der Waals surface area contributed by atoms with Crippen LogP contribution in [-0.2, 0) is 0 Å². The lowest BCUT2D eigenvalue weighted by molar-refractivity contribution is -0.384. The maximum absolute atomic E-state index is 12.7. The number of non-ortho nitro benzene ring substituents is 1. The van der Waals surface area contributed by atoms with Crippen LogP contribution in [0.15, 0.2) is 18.2 Å². The van der Waals surface area contributed by atoms with E-state index in [1.54, 1.807) is 17.9 Å². The fourth-order valence-corrected chi connectivity index (χ4v) is 2.67. The van der Waals surface area contributed by atoms with Crippen molar-refractivity contribution in [3.8, 4) is 0 Å². The van der Waals surface area contributed by atoms with Gasteiger partial charge in [0.25, 0.3) is 11.6 Å². The summed E-state index contributed by atoms with van der Waals surface area (Å²) in [6.07, 6.45) is 0.743. The second-order valence-electron chi connectivity index (χ2n) is 6.37. The average Bonchev–Trinajstić information content (AvgIpc) is 2.41. The first kappa shape index (κ1) is 18.4. The Bertz CT molecular complexity index is 589. The predicted octanol–water partition coefficient (Wildman–Crippen LogP) is 2.52. The van der Waals surface area contributed by atoms with E-state index < -0.39 is 4.92 Å². The number of nitrogens with zero attached hydrogens (tertiary/aromatic N) is 2. The normalized spacial score (nSPS) is 20.2. The van der Waals surface area contributed by atoms with Gasteiger partial charge in [-0.15, -0.1) is 12.4 Å². The number of halogens is 1. The summed E-state index contributed by atoms with van der Waals surface area (Å²) in [6.45, 7) is 7.02. The third-order valence-corrected chi connectivity index (χ3v) is 4.26. The molecule has 1 aromatic rings. The molecule has 0 aromatic heterocycles. The Morgan fingerprint density at radius 2 is 2.09 bits per heavy atom. The Labute approximate surface area is 136 Å².